The van der Waals surface area contributed by atoms with Crippen molar-refractivity contribution in [3.63, 3.8) is 0 Å². The smallest absolute Gasteiger partial charge is 0.166 e. The molecular formula is C18H23ClN3OS+. The zero-order valence-electron chi connectivity index (χ0n) is 13.6. The van der Waals surface area contributed by atoms with E-state index in [9.17, 15) is 0 Å². The van der Waals surface area contributed by atoms with E-state index in [0.29, 0.717) is 17.7 Å². The van der Waals surface area contributed by atoms with Crippen molar-refractivity contribution in [2.24, 2.45) is 0 Å². The van der Waals surface area contributed by atoms with E-state index in [2.05, 4.69) is 22.8 Å². The summed E-state index contributed by atoms with van der Waals surface area (Å²) in [5.74, 6) is 0.890. The number of likely N-dealkylation sites (tertiary alicyclic amines) is 1. The van der Waals surface area contributed by atoms with Gasteiger partial charge in [-0.3, -0.25) is 0 Å². The highest BCUT2D eigenvalue weighted by molar-refractivity contribution is 7.80. The van der Waals surface area contributed by atoms with Gasteiger partial charge in [0.1, 0.15) is 12.3 Å². The van der Waals surface area contributed by atoms with Crippen molar-refractivity contribution in [2.75, 3.05) is 13.1 Å². The summed E-state index contributed by atoms with van der Waals surface area (Å²) in [6.07, 6.45) is 3.93. The van der Waals surface area contributed by atoms with E-state index >= 15 is 0 Å². The van der Waals surface area contributed by atoms with Crippen LogP contribution in [0.2, 0.25) is 5.02 Å². The minimum absolute atomic E-state index is 0.454. The molecule has 1 fully saturated rings. The molecule has 1 aromatic heterocycles. The van der Waals surface area contributed by atoms with E-state index in [0.717, 1.165) is 43.3 Å². The van der Waals surface area contributed by atoms with Crippen LogP contribution in [-0.2, 0) is 13.1 Å². The van der Waals surface area contributed by atoms with Crippen molar-refractivity contribution >= 4 is 28.9 Å². The molecule has 1 saturated heterocycles. The molecule has 128 valence electrons. The second-order valence-corrected chi connectivity index (χ2v) is 7.08. The Kier molecular flexibility index (Phi) is 6.12. The second kappa shape index (κ2) is 8.51. The second-order valence-electron chi connectivity index (χ2n) is 6.23. The molecule has 2 aromatic rings. The first kappa shape index (κ1) is 17.3. The summed E-state index contributed by atoms with van der Waals surface area (Å²) >= 11 is 11.3. The maximum atomic E-state index is 5.94. The van der Waals surface area contributed by atoms with Crippen LogP contribution in [0.5, 0.6) is 0 Å². The van der Waals surface area contributed by atoms with E-state index in [4.69, 9.17) is 28.2 Å². The maximum Gasteiger partial charge on any atom is 0.166 e. The Morgan fingerprint density at radius 1 is 1.21 bits per heavy atom. The minimum atomic E-state index is 0.454. The van der Waals surface area contributed by atoms with E-state index in [1.807, 2.05) is 24.3 Å². The molecule has 0 saturated carbocycles. The van der Waals surface area contributed by atoms with Crippen LogP contribution >= 0.6 is 23.8 Å². The summed E-state index contributed by atoms with van der Waals surface area (Å²) in [5, 5.41) is 8.12. The van der Waals surface area contributed by atoms with Gasteiger partial charge in [0.2, 0.25) is 0 Å². The number of hydrogen-bond donors (Lipinski definition) is 3. The number of quaternary nitrogens is 1. The van der Waals surface area contributed by atoms with Crippen LogP contribution in [0, 0.1) is 0 Å². The number of nitrogens with one attached hydrogen (secondary N) is 3. The molecule has 0 unspecified atom stereocenters. The van der Waals surface area contributed by atoms with Crippen LogP contribution in [0.25, 0.3) is 0 Å². The predicted molar refractivity (Wildman–Crippen MR) is 100 cm³/mol. The molecule has 24 heavy (non-hydrogen) atoms. The first-order valence-corrected chi connectivity index (χ1v) is 9.12. The Morgan fingerprint density at radius 3 is 2.62 bits per heavy atom. The maximum absolute atomic E-state index is 5.94. The van der Waals surface area contributed by atoms with Gasteiger partial charge in [0.05, 0.1) is 25.9 Å². The van der Waals surface area contributed by atoms with Crippen molar-refractivity contribution < 1.29 is 9.32 Å². The fourth-order valence-electron chi connectivity index (χ4n) is 3.06. The van der Waals surface area contributed by atoms with E-state index in [1.54, 1.807) is 11.2 Å². The Morgan fingerprint density at radius 2 is 1.96 bits per heavy atom. The summed E-state index contributed by atoms with van der Waals surface area (Å²) in [7, 11) is 0. The number of halogens is 1. The van der Waals surface area contributed by atoms with Gasteiger partial charge in [0.25, 0.3) is 0 Å². The third-order valence-corrected chi connectivity index (χ3v) is 4.91. The lowest BCUT2D eigenvalue weighted by atomic mass is 10.0. The van der Waals surface area contributed by atoms with Crippen LogP contribution in [0.15, 0.2) is 47.1 Å². The fraction of sp³-hybridized carbons (Fsp3) is 0.389. The summed E-state index contributed by atoms with van der Waals surface area (Å²) in [6.45, 7) is 3.99. The molecule has 2 heterocycles. The summed E-state index contributed by atoms with van der Waals surface area (Å²) in [5.41, 5.74) is 1.34. The fourth-order valence-corrected chi connectivity index (χ4v) is 3.42. The van der Waals surface area contributed by atoms with Crippen molar-refractivity contribution in [2.45, 2.75) is 32.0 Å². The van der Waals surface area contributed by atoms with Crippen LogP contribution < -0.4 is 15.5 Å². The lowest BCUT2D eigenvalue weighted by Gasteiger charge is -2.30. The zero-order chi connectivity index (χ0) is 16.8. The highest BCUT2D eigenvalue weighted by Crippen LogP contribution is 2.09. The molecule has 1 aliphatic heterocycles. The quantitative estimate of drug-likeness (QED) is 0.711. The summed E-state index contributed by atoms with van der Waals surface area (Å²) < 4.78 is 5.29. The molecule has 3 rings (SSSR count). The third-order valence-electron chi connectivity index (χ3n) is 4.40. The normalized spacial score (nSPS) is 20.5. The van der Waals surface area contributed by atoms with Gasteiger partial charge in [-0.15, -0.1) is 0 Å². The minimum Gasteiger partial charge on any atom is -0.467 e. The molecule has 0 atom stereocenters. The molecule has 1 aliphatic rings. The van der Waals surface area contributed by atoms with Crippen LogP contribution in [0.4, 0.5) is 0 Å². The highest BCUT2D eigenvalue weighted by atomic mass is 35.5. The number of benzene rings is 1. The van der Waals surface area contributed by atoms with Gasteiger partial charge in [0.15, 0.2) is 5.11 Å². The van der Waals surface area contributed by atoms with Gasteiger partial charge in [-0.1, -0.05) is 23.7 Å². The SMILES string of the molecule is S=C(NCc1ccco1)NC1CC[NH+](Cc2ccc(Cl)cc2)CC1. The third kappa shape index (κ3) is 5.23. The van der Waals surface area contributed by atoms with E-state index in [1.165, 1.54) is 5.56 Å². The van der Waals surface area contributed by atoms with Gasteiger partial charge < -0.3 is 20.0 Å². The largest absolute Gasteiger partial charge is 0.467 e. The Bertz CT molecular complexity index is 637. The Hall–Kier alpha value is -1.56. The average molecular weight is 365 g/mol. The van der Waals surface area contributed by atoms with Crippen LogP contribution in [0.3, 0.4) is 0 Å². The van der Waals surface area contributed by atoms with Crippen LogP contribution in [-0.4, -0.2) is 24.2 Å². The van der Waals surface area contributed by atoms with Gasteiger partial charge in [-0.25, -0.2) is 0 Å². The predicted octanol–water partition coefficient (Wildman–Crippen LogP) is 2.14. The standard InChI is InChI=1S/C18H22ClN3OS/c19-15-5-3-14(4-6-15)13-22-9-7-16(8-10-22)21-18(24)20-12-17-2-1-11-23-17/h1-6,11,16H,7-10,12-13H2,(H2,20,21,24)/p+1. The van der Waals surface area contributed by atoms with Crippen molar-refractivity contribution in [1.29, 1.82) is 0 Å². The first-order chi connectivity index (χ1) is 11.7. The van der Waals surface area contributed by atoms with E-state index < -0.39 is 0 Å². The van der Waals surface area contributed by atoms with Gasteiger partial charge in [-0.2, -0.15) is 0 Å². The van der Waals surface area contributed by atoms with Gasteiger partial charge in [-0.05, 0) is 36.5 Å². The molecule has 0 spiro atoms. The summed E-state index contributed by atoms with van der Waals surface area (Å²) in [6, 6.07) is 12.4. The molecule has 3 N–H and O–H groups in total. The summed E-state index contributed by atoms with van der Waals surface area (Å²) in [4.78, 5) is 1.62. The van der Waals surface area contributed by atoms with Crippen molar-refractivity contribution in [3.8, 4) is 0 Å². The molecule has 0 aliphatic carbocycles. The van der Waals surface area contributed by atoms with Gasteiger partial charge in [0, 0.05) is 29.5 Å². The molecular weight excluding hydrogens is 342 g/mol. The molecule has 0 radical (unpaired) electrons. The monoisotopic (exact) mass is 364 g/mol. The van der Waals surface area contributed by atoms with Crippen LogP contribution in [0.1, 0.15) is 24.2 Å². The van der Waals surface area contributed by atoms with Crippen molar-refractivity contribution in [1.82, 2.24) is 10.6 Å². The Balaban J connectivity index is 1.37. The van der Waals surface area contributed by atoms with E-state index in [-0.39, 0.29) is 0 Å². The first-order valence-electron chi connectivity index (χ1n) is 8.34. The topological polar surface area (TPSA) is 41.6 Å². The molecule has 0 bridgehead atoms. The Labute approximate surface area is 153 Å². The zero-order valence-corrected chi connectivity index (χ0v) is 15.1. The lowest BCUT2D eigenvalue weighted by Crippen LogP contribution is -3.12. The highest BCUT2D eigenvalue weighted by Gasteiger charge is 2.22. The number of thiocarbonyl (C=S) groups is 1. The van der Waals surface area contributed by atoms with Crippen molar-refractivity contribution in [3.05, 3.63) is 59.0 Å². The number of piperidine rings is 1. The molecule has 1 aromatic carbocycles. The number of hydrogen-bond acceptors (Lipinski definition) is 2. The molecule has 0 amide bonds. The number of furan rings is 1. The van der Waals surface area contributed by atoms with Gasteiger partial charge >= 0.3 is 0 Å². The molecule has 6 heteroatoms. The lowest BCUT2D eigenvalue weighted by molar-refractivity contribution is -0.918. The average Bonchev–Trinajstić information content (AvgIpc) is 3.10. The molecule has 4 nitrogen and oxygen atoms in total. The number of rotatable bonds is 5.